The summed E-state index contributed by atoms with van der Waals surface area (Å²) in [7, 11) is -1.98. The minimum atomic E-state index is -3.85. The van der Waals surface area contributed by atoms with Gasteiger partial charge >= 0.3 is 5.69 Å². The van der Waals surface area contributed by atoms with Gasteiger partial charge in [-0.05, 0) is 33.0 Å². The van der Waals surface area contributed by atoms with Gasteiger partial charge in [-0.1, -0.05) is 0 Å². The standard InChI is InChI=1S/C12H19N3O5S/c1-9(2)14(3)7-6-13-21(19,20)10-4-5-12(16)11(8-10)15(17)18/h4-5,8-9,13,16H,6-7H2,1-3H3. The van der Waals surface area contributed by atoms with E-state index in [1.807, 2.05) is 25.8 Å². The van der Waals surface area contributed by atoms with E-state index in [1.165, 1.54) is 0 Å². The number of sulfonamides is 1. The van der Waals surface area contributed by atoms with E-state index >= 15 is 0 Å². The summed E-state index contributed by atoms with van der Waals surface area (Å²) in [6.45, 7) is 4.67. The summed E-state index contributed by atoms with van der Waals surface area (Å²) in [4.78, 5) is 11.6. The van der Waals surface area contributed by atoms with Crippen molar-refractivity contribution in [1.82, 2.24) is 9.62 Å². The second kappa shape index (κ2) is 6.83. The van der Waals surface area contributed by atoms with Crippen LogP contribution in [0.4, 0.5) is 5.69 Å². The number of nitro groups is 1. The Morgan fingerprint density at radius 2 is 2.05 bits per heavy atom. The van der Waals surface area contributed by atoms with Gasteiger partial charge in [-0.2, -0.15) is 0 Å². The molecule has 0 aromatic heterocycles. The molecule has 21 heavy (non-hydrogen) atoms. The summed E-state index contributed by atoms with van der Waals surface area (Å²) in [5.74, 6) is -0.571. The van der Waals surface area contributed by atoms with Crippen molar-refractivity contribution in [3.8, 4) is 5.75 Å². The van der Waals surface area contributed by atoms with Crippen LogP contribution in [0.5, 0.6) is 5.75 Å². The number of nitro benzene ring substituents is 1. The van der Waals surface area contributed by atoms with Crippen LogP contribution in [0.3, 0.4) is 0 Å². The second-order valence-corrected chi connectivity index (χ2v) is 6.65. The Morgan fingerprint density at radius 3 is 2.57 bits per heavy atom. The summed E-state index contributed by atoms with van der Waals surface area (Å²) >= 11 is 0. The van der Waals surface area contributed by atoms with Gasteiger partial charge in [0.15, 0.2) is 5.75 Å². The monoisotopic (exact) mass is 317 g/mol. The van der Waals surface area contributed by atoms with Crippen LogP contribution in [0, 0.1) is 10.1 Å². The number of nitrogens with one attached hydrogen (secondary N) is 1. The molecule has 1 aromatic carbocycles. The van der Waals surface area contributed by atoms with Crippen molar-refractivity contribution >= 4 is 15.7 Å². The Labute approximate surface area is 123 Å². The summed E-state index contributed by atoms with van der Waals surface area (Å²) in [5, 5.41) is 20.0. The van der Waals surface area contributed by atoms with Gasteiger partial charge in [-0.25, -0.2) is 13.1 Å². The van der Waals surface area contributed by atoms with Gasteiger partial charge in [0, 0.05) is 25.2 Å². The number of phenols is 1. The van der Waals surface area contributed by atoms with Crippen molar-refractivity contribution in [3.63, 3.8) is 0 Å². The van der Waals surface area contributed by atoms with Gasteiger partial charge in [0.1, 0.15) is 0 Å². The molecule has 0 heterocycles. The molecule has 0 aliphatic rings. The first-order valence-electron chi connectivity index (χ1n) is 6.32. The number of rotatable bonds is 7. The maximum Gasteiger partial charge on any atom is 0.312 e. The van der Waals surface area contributed by atoms with Gasteiger partial charge in [-0.15, -0.1) is 0 Å². The van der Waals surface area contributed by atoms with Crippen molar-refractivity contribution in [2.45, 2.75) is 24.8 Å². The molecule has 0 aliphatic carbocycles. The molecule has 0 saturated heterocycles. The van der Waals surface area contributed by atoms with Crippen molar-refractivity contribution in [3.05, 3.63) is 28.3 Å². The lowest BCUT2D eigenvalue weighted by Gasteiger charge is -2.20. The van der Waals surface area contributed by atoms with Crippen LogP contribution in [0.25, 0.3) is 0 Å². The molecule has 2 N–H and O–H groups in total. The maximum absolute atomic E-state index is 12.0. The van der Waals surface area contributed by atoms with Crippen molar-refractivity contribution in [2.24, 2.45) is 0 Å². The number of nitrogens with zero attached hydrogens (tertiary/aromatic N) is 2. The van der Waals surface area contributed by atoms with Gasteiger partial charge < -0.3 is 10.0 Å². The summed E-state index contributed by atoms with van der Waals surface area (Å²) < 4.78 is 26.4. The molecule has 0 atom stereocenters. The van der Waals surface area contributed by atoms with Crippen LogP contribution >= 0.6 is 0 Å². The molecule has 0 spiro atoms. The lowest BCUT2D eigenvalue weighted by molar-refractivity contribution is -0.386. The molecule has 0 aliphatic heterocycles. The summed E-state index contributed by atoms with van der Waals surface area (Å²) in [5.41, 5.74) is -0.642. The highest BCUT2D eigenvalue weighted by molar-refractivity contribution is 7.89. The molecule has 0 bridgehead atoms. The van der Waals surface area contributed by atoms with E-state index in [0.29, 0.717) is 6.54 Å². The Morgan fingerprint density at radius 1 is 1.43 bits per heavy atom. The predicted octanol–water partition coefficient (Wildman–Crippen LogP) is 0.919. The fourth-order valence-electron chi connectivity index (χ4n) is 1.51. The molecule has 118 valence electrons. The first-order chi connectivity index (χ1) is 9.65. The molecule has 0 radical (unpaired) electrons. The van der Waals surface area contributed by atoms with E-state index < -0.39 is 26.4 Å². The maximum atomic E-state index is 12.0. The van der Waals surface area contributed by atoms with E-state index in [1.54, 1.807) is 0 Å². The molecule has 0 fully saturated rings. The quantitative estimate of drug-likeness (QED) is 0.571. The van der Waals surface area contributed by atoms with Crippen LogP contribution in [0.2, 0.25) is 0 Å². The van der Waals surface area contributed by atoms with Gasteiger partial charge in [0.05, 0.1) is 9.82 Å². The largest absolute Gasteiger partial charge is 0.502 e. The van der Waals surface area contributed by atoms with E-state index in [2.05, 4.69) is 4.72 Å². The topological polar surface area (TPSA) is 113 Å². The third-order valence-corrected chi connectivity index (χ3v) is 4.55. The fraction of sp³-hybridized carbons (Fsp3) is 0.500. The highest BCUT2D eigenvalue weighted by Gasteiger charge is 2.21. The molecule has 0 amide bonds. The minimum absolute atomic E-state index is 0.186. The van der Waals surface area contributed by atoms with E-state index in [0.717, 1.165) is 18.2 Å². The van der Waals surface area contributed by atoms with Gasteiger partial charge in [0.2, 0.25) is 10.0 Å². The zero-order chi connectivity index (χ0) is 16.2. The number of aromatic hydroxyl groups is 1. The third-order valence-electron chi connectivity index (χ3n) is 3.09. The number of hydrogen-bond donors (Lipinski definition) is 2. The Kier molecular flexibility index (Phi) is 5.64. The zero-order valence-electron chi connectivity index (χ0n) is 12.1. The Hall–Kier alpha value is -1.71. The Bertz CT molecular complexity index is 615. The fourth-order valence-corrected chi connectivity index (χ4v) is 2.56. The number of benzene rings is 1. The average Bonchev–Trinajstić information content (AvgIpc) is 2.38. The van der Waals surface area contributed by atoms with E-state index in [-0.39, 0.29) is 17.5 Å². The zero-order valence-corrected chi connectivity index (χ0v) is 12.9. The summed E-state index contributed by atoms with van der Waals surface area (Å²) in [6.07, 6.45) is 0. The lowest BCUT2D eigenvalue weighted by Crippen LogP contribution is -2.36. The molecule has 8 nitrogen and oxygen atoms in total. The molecule has 0 saturated carbocycles. The van der Waals surface area contributed by atoms with Crippen LogP contribution in [0.1, 0.15) is 13.8 Å². The highest BCUT2D eigenvalue weighted by Crippen LogP contribution is 2.27. The van der Waals surface area contributed by atoms with Crippen LogP contribution in [0.15, 0.2) is 23.1 Å². The molecule has 1 rings (SSSR count). The number of phenolic OH excluding ortho intramolecular Hbond substituents is 1. The van der Waals surface area contributed by atoms with E-state index in [4.69, 9.17) is 0 Å². The van der Waals surface area contributed by atoms with Crippen molar-refractivity contribution in [2.75, 3.05) is 20.1 Å². The Balaban J connectivity index is 2.84. The first-order valence-corrected chi connectivity index (χ1v) is 7.81. The van der Waals surface area contributed by atoms with Gasteiger partial charge in [-0.3, -0.25) is 10.1 Å². The number of likely N-dealkylation sites (N-methyl/N-ethyl adjacent to an activating group) is 1. The van der Waals surface area contributed by atoms with Crippen molar-refractivity contribution in [1.29, 1.82) is 0 Å². The smallest absolute Gasteiger partial charge is 0.312 e. The third kappa shape index (κ3) is 4.66. The number of hydrogen-bond acceptors (Lipinski definition) is 6. The summed E-state index contributed by atoms with van der Waals surface area (Å²) in [6, 6.07) is 3.23. The molecular formula is C12H19N3O5S. The highest BCUT2D eigenvalue weighted by atomic mass is 32.2. The minimum Gasteiger partial charge on any atom is -0.502 e. The van der Waals surface area contributed by atoms with E-state index in [9.17, 15) is 23.6 Å². The molecule has 9 heteroatoms. The molecule has 1 aromatic rings. The second-order valence-electron chi connectivity index (χ2n) is 4.88. The average molecular weight is 317 g/mol. The van der Waals surface area contributed by atoms with Crippen LogP contribution in [-0.4, -0.2) is 49.5 Å². The van der Waals surface area contributed by atoms with Crippen LogP contribution in [-0.2, 0) is 10.0 Å². The predicted molar refractivity (Wildman–Crippen MR) is 77.7 cm³/mol. The first kappa shape index (κ1) is 17.3. The lowest BCUT2D eigenvalue weighted by atomic mass is 10.3. The van der Waals surface area contributed by atoms with Gasteiger partial charge in [0.25, 0.3) is 0 Å². The SMILES string of the molecule is CC(C)N(C)CCNS(=O)(=O)c1ccc(O)c([N+](=O)[O-])c1. The van der Waals surface area contributed by atoms with Crippen LogP contribution < -0.4 is 4.72 Å². The molecular weight excluding hydrogens is 298 g/mol. The normalized spacial score (nSPS) is 12.0. The van der Waals surface area contributed by atoms with Crippen molar-refractivity contribution < 1.29 is 18.4 Å². The molecule has 0 unspecified atom stereocenters.